The van der Waals surface area contributed by atoms with Crippen LogP contribution in [0.2, 0.25) is 0 Å². The number of nitrogens with one attached hydrogen (secondary N) is 1. The summed E-state index contributed by atoms with van der Waals surface area (Å²) in [6, 6.07) is 0.978. The molecule has 0 saturated heterocycles. The Morgan fingerprint density at radius 2 is 2.06 bits per heavy atom. The van der Waals surface area contributed by atoms with Crippen LogP contribution in [0.15, 0.2) is 0 Å². The topological polar surface area (TPSA) is 63.2 Å². The van der Waals surface area contributed by atoms with Crippen molar-refractivity contribution in [2.24, 2.45) is 0 Å². The lowest BCUT2D eigenvalue weighted by Crippen LogP contribution is -2.23. The molecule has 0 unspecified atom stereocenters. The van der Waals surface area contributed by atoms with Crippen molar-refractivity contribution in [2.45, 2.75) is 39.2 Å². The molecule has 0 aliphatic heterocycles. The van der Waals surface area contributed by atoms with Gasteiger partial charge in [-0.05, 0) is 26.2 Å². The fourth-order valence-corrected chi connectivity index (χ4v) is 1.62. The van der Waals surface area contributed by atoms with E-state index in [9.17, 15) is 0 Å². The molecule has 1 fully saturated rings. The van der Waals surface area contributed by atoms with Gasteiger partial charge in [-0.1, -0.05) is 6.92 Å². The van der Waals surface area contributed by atoms with Crippen molar-refractivity contribution in [2.75, 3.05) is 30.4 Å². The van der Waals surface area contributed by atoms with Crippen LogP contribution in [0.1, 0.15) is 33.1 Å². The van der Waals surface area contributed by atoms with Crippen LogP contribution in [0.25, 0.3) is 0 Å². The summed E-state index contributed by atoms with van der Waals surface area (Å²) < 4.78 is 5.50. The molecule has 100 valence electrons. The van der Waals surface area contributed by atoms with Crippen LogP contribution in [-0.2, 0) is 0 Å². The Kier molecular flexibility index (Phi) is 4.17. The van der Waals surface area contributed by atoms with Gasteiger partial charge in [0.1, 0.15) is 0 Å². The number of hydrogen-bond acceptors (Lipinski definition) is 6. The molecular formula is C12H21N5O. The SMILES string of the molecule is CCCOc1nc(NCC)nc(N(C)C2CC2)n1. The van der Waals surface area contributed by atoms with E-state index in [1.165, 1.54) is 12.8 Å². The molecule has 0 radical (unpaired) electrons. The number of aromatic nitrogens is 3. The van der Waals surface area contributed by atoms with Gasteiger partial charge in [-0.2, -0.15) is 15.0 Å². The summed E-state index contributed by atoms with van der Waals surface area (Å²) in [4.78, 5) is 15.1. The molecule has 1 aromatic heterocycles. The quantitative estimate of drug-likeness (QED) is 0.795. The van der Waals surface area contributed by atoms with Crippen molar-refractivity contribution in [3.63, 3.8) is 0 Å². The van der Waals surface area contributed by atoms with E-state index in [1.807, 2.05) is 14.0 Å². The molecule has 6 nitrogen and oxygen atoms in total. The molecular weight excluding hydrogens is 230 g/mol. The highest BCUT2D eigenvalue weighted by atomic mass is 16.5. The van der Waals surface area contributed by atoms with Gasteiger partial charge in [0.15, 0.2) is 0 Å². The summed E-state index contributed by atoms with van der Waals surface area (Å²) in [5.74, 6) is 1.27. The van der Waals surface area contributed by atoms with Gasteiger partial charge in [0.25, 0.3) is 0 Å². The predicted molar refractivity (Wildman–Crippen MR) is 71.2 cm³/mol. The number of rotatable bonds is 7. The molecule has 6 heteroatoms. The Balaban J connectivity index is 2.17. The van der Waals surface area contributed by atoms with Gasteiger partial charge in [-0.25, -0.2) is 0 Å². The number of anilines is 2. The van der Waals surface area contributed by atoms with Crippen molar-refractivity contribution >= 4 is 11.9 Å². The number of hydrogen-bond donors (Lipinski definition) is 1. The Hall–Kier alpha value is -1.59. The largest absolute Gasteiger partial charge is 0.463 e. The molecule has 1 aliphatic rings. The Bertz CT molecular complexity index is 394. The smallest absolute Gasteiger partial charge is 0.323 e. The molecule has 1 N–H and O–H groups in total. The van der Waals surface area contributed by atoms with E-state index in [-0.39, 0.29) is 0 Å². The van der Waals surface area contributed by atoms with E-state index < -0.39 is 0 Å². The third-order valence-corrected chi connectivity index (χ3v) is 2.78. The molecule has 2 rings (SSSR count). The van der Waals surface area contributed by atoms with Gasteiger partial charge in [-0.15, -0.1) is 0 Å². The minimum atomic E-state index is 0.408. The van der Waals surface area contributed by atoms with Crippen LogP contribution < -0.4 is 15.0 Å². The van der Waals surface area contributed by atoms with Gasteiger partial charge in [-0.3, -0.25) is 0 Å². The Labute approximate surface area is 108 Å². The van der Waals surface area contributed by atoms with Gasteiger partial charge >= 0.3 is 6.01 Å². The van der Waals surface area contributed by atoms with E-state index in [4.69, 9.17) is 4.74 Å². The normalized spacial score (nSPS) is 14.4. The standard InChI is InChI=1S/C12H21N5O/c1-4-8-18-12-15-10(13-5-2)14-11(16-12)17(3)9-6-7-9/h9H,4-8H2,1-3H3,(H,13,14,15,16). The molecule has 1 heterocycles. The zero-order valence-electron chi connectivity index (χ0n) is 11.3. The highest BCUT2D eigenvalue weighted by Crippen LogP contribution is 2.29. The average molecular weight is 251 g/mol. The third-order valence-electron chi connectivity index (χ3n) is 2.78. The van der Waals surface area contributed by atoms with E-state index in [1.54, 1.807) is 0 Å². The lowest BCUT2D eigenvalue weighted by molar-refractivity contribution is 0.292. The van der Waals surface area contributed by atoms with Gasteiger partial charge in [0.05, 0.1) is 6.61 Å². The minimum Gasteiger partial charge on any atom is -0.463 e. The minimum absolute atomic E-state index is 0.408. The lowest BCUT2D eigenvalue weighted by atomic mass is 10.5. The second-order valence-corrected chi connectivity index (χ2v) is 4.46. The molecule has 18 heavy (non-hydrogen) atoms. The Morgan fingerprint density at radius 1 is 1.28 bits per heavy atom. The van der Waals surface area contributed by atoms with E-state index >= 15 is 0 Å². The van der Waals surface area contributed by atoms with Gasteiger partial charge in [0, 0.05) is 19.6 Å². The first-order valence-electron chi connectivity index (χ1n) is 6.60. The highest BCUT2D eigenvalue weighted by Gasteiger charge is 2.28. The Morgan fingerprint density at radius 3 is 2.67 bits per heavy atom. The van der Waals surface area contributed by atoms with E-state index in [0.29, 0.717) is 30.6 Å². The first kappa shape index (κ1) is 12.9. The summed E-state index contributed by atoms with van der Waals surface area (Å²) in [6.45, 7) is 5.48. The van der Waals surface area contributed by atoms with E-state index in [0.717, 1.165) is 13.0 Å². The summed E-state index contributed by atoms with van der Waals surface area (Å²) in [5.41, 5.74) is 0. The second-order valence-electron chi connectivity index (χ2n) is 4.46. The number of ether oxygens (including phenoxy) is 1. The summed E-state index contributed by atoms with van der Waals surface area (Å²) in [7, 11) is 2.02. The molecule has 0 aromatic carbocycles. The summed E-state index contributed by atoms with van der Waals surface area (Å²) >= 11 is 0. The fourth-order valence-electron chi connectivity index (χ4n) is 1.62. The molecule has 0 amide bonds. The maximum atomic E-state index is 5.50. The van der Waals surface area contributed by atoms with Crippen molar-refractivity contribution < 1.29 is 4.74 Å². The zero-order chi connectivity index (χ0) is 13.0. The lowest BCUT2D eigenvalue weighted by Gasteiger charge is -2.17. The van der Waals surface area contributed by atoms with Crippen LogP contribution in [-0.4, -0.2) is 41.2 Å². The maximum Gasteiger partial charge on any atom is 0.323 e. The average Bonchev–Trinajstić information content (AvgIpc) is 3.20. The van der Waals surface area contributed by atoms with Crippen LogP contribution in [0.3, 0.4) is 0 Å². The predicted octanol–water partition coefficient (Wildman–Crippen LogP) is 1.69. The van der Waals surface area contributed by atoms with Gasteiger partial charge in [0.2, 0.25) is 11.9 Å². The van der Waals surface area contributed by atoms with Crippen molar-refractivity contribution in [3.05, 3.63) is 0 Å². The fraction of sp³-hybridized carbons (Fsp3) is 0.750. The van der Waals surface area contributed by atoms with Gasteiger partial charge < -0.3 is 15.0 Å². The van der Waals surface area contributed by atoms with Crippen molar-refractivity contribution in [1.82, 2.24) is 15.0 Å². The summed E-state index contributed by atoms with van der Waals surface area (Å²) in [6.07, 6.45) is 3.36. The highest BCUT2D eigenvalue weighted by molar-refractivity contribution is 5.39. The third kappa shape index (κ3) is 3.21. The monoisotopic (exact) mass is 251 g/mol. The zero-order valence-corrected chi connectivity index (χ0v) is 11.3. The van der Waals surface area contributed by atoms with Crippen LogP contribution in [0.4, 0.5) is 11.9 Å². The number of nitrogens with zero attached hydrogens (tertiary/aromatic N) is 4. The molecule has 1 aromatic rings. The second kappa shape index (κ2) is 5.84. The van der Waals surface area contributed by atoms with E-state index in [2.05, 4.69) is 32.1 Å². The molecule has 0 bridgehead atoms. The molecule has 0 spiro atoms. The molecule has 0 atom stereocenters. The van der Waals surface area contributed by atoms with Crippen molar-refractivity contribution in [3.8, 4) is 6.01 Å². The van der Waals surface area contributed by atoms with Crippen molar-refractivity contribution in [1.29, 1.82) is 0 Å². The van der Waals surface area contributed by atoms with Crippen LogP contribution in [0.5, 0.6) is 6.01 Å². The molecule has 1 aliphatic carbocycles. The van der Waals surface area contributed by atoms with Crippen LogP contribution >= 0.6 is 0 Å². The molecule has 1 saturated carbocycles. The summed E-state index contributed by atoms with van der Waals surface area (Å²) in [5, 5.41) is 3.11. The first-order chi connectivity index (χ1) is 8.74. The van der Waals surface area contributed by atoms with Crippen LogP contribution in [0, 0.1) is 0 Å². The maximum absolute atomic E-state index is 5.50. The first-order valence-corrected chi connectivity index (χ1v) is 6.60.